The number of likely N-dealkylation sites (tertiary alicyclic amines) is 1. The largest absolute Gasteiger partial charge is 0.466 e. The molecule has 1 aromatic rings. The number of amides is 1. The number of ether oxygens (including phenoxy) is 1. The van der Waals surface area contributed by atoms with E-state index in [1.165, 1.54) is 6.07 Å². The van der Waals surface area contributed by atoms with Gasteiger partial charge in [0, 0.05) is 30.9 Å². The predicted octanol–water partition coefficient (Wildman–Crippen LogP) is 5.82. The summed E-state index contributed by atoms with van der Waals surface area (Å²) < 4.78 is 20.3. The van der Waals surface area contributed by atoms with E-state index in [9.17, 15) is 9.59 Å². The Hall–Kier alpha value is -3.22. The first-order chi connectivity index (χ1) is 17.7. The highest BCUT2D eigenvalue weighted by atomic mass is 19.1. The summed E-state index contributed by atoms with van der Waals surface area (Å²) in [5.41, 5.74) is 3.02. The van der Waals surface area contributed by atoms with Gasteiger partial charge in [-0.3, -0.25) is 9.59 Å². The summed E-state index contributed by atoms with van der Waals surface area (Å²) in [5.74, 6) is -0.302. The van der Waals surface area contributed by atoms with Crippen LogP contribution >= 0.6 is 0 Å². The second-order valence-electron chi connectivity index (χ2n) is 10.2. The minimum absolute atomic E-state index is 0.00417. The number of carbonyl (C=O) groups is 2. The molecule has 0 aromatic heterocycles. The molecule has 37 heavy (non-hydrogen) atoms. The molecule has 4 rings (SSSR count). The van der Waals surface area contributed by atoms with Crippen LogP contribution in [0.25, 0.3) is 5.57 Å². The lowest BCUT2D eigenvalue weighted by atomic mass is 10.0. The van der Waals surface area contributed by atoms with E-state index in [-0.39, 0.29) is 29.8 Å². The van der Waals surface area contributed by atoms with E-state index in [1.807, 2.05) is 35.9 Å². The summed E-state index contributed by atoms with van der Waals surface area (Å²) in [4.78, 5) is 34.0. The molecular weight excluding hydrogens is 469 g/mol. The highest BCUT2D eigenvalue weighted by Gasteiger charge is 2.45. The van der Waals surface area contributed by atoms with Gasteiger partial charge in [-0.25, -0.2) is 9.38 Å². The maximum absolute atomic E-state index is 15.2. The lowest BCUT2D eigenvalue weighted by Gasteiger charge is -2.31. The maximum atomic E-state index is 15.2. The Labute approximate surface area is 219 Å². The van der Waals surface area contributed by atoms with E-state index in [1.54, 1.807) is 19.1 Å². The lowest BCUT2D eigenvalue weighted by Crippen LogP contribution is -2.43. The summed E-state index contributed by atoms with van der Waals surface area (Å²) in [5, 5.41) is 0. The van der Waals surface area contributed by atoms with Crippen LogP contribution in [0.5, 0.6) is 0 Å². The molecule has 0 radical (unpaired) electrons. The molecule has 3 atom stereocenters. The Morgan fingerprint density at radius 2 is 2.03 bits per heavy atom. The van der Waals surface area contributed by atoms with Gasteiger partial charge < -0.3 is 14.5 Å². The fraction of sp³-hybridized carbons (Fsp3) is 0.500. The zero-order valence-corrected chi connectivity index (χ0v) is 22.4. The molecule has 0 bridgehead atoms. The molecule has 2 aliphatic heterocycles. The molecule has 6 nitrogen and oxygen atoms in total. The third-order valence-corrected chi connectivity index (χ3v) is 7.66. The van der Waals surface area contributed by atoms with Crippen LogP contribution in [0, 0.1) is 11.7 Å². The average Bonchev–Trinajstić information content (AvgIpc) is 3.70. The third-order valence-electron chi connectivity index (χ3n) is 7.66. The van der Waals surface area contributed by atoms with Gasteiger partial charge in [-0.2, -0.15) is 0 Å². The van der Waals surface area contributed by atoms with E-state index in [0.29, 0.717) is 35.7 Å². The van der Waals surface area contributed by atoms with Crippen LogP contribution < -0.4 is 0 Å². The highest BCUT2D eigenvalue weighted by molar-refractivity contribution is 6.43. The van der Waals surface area contributed by atoms with Crippen molar-refractivity contribution < 1.29 is 18.7 Å². The molecule has 0 spiro atoms. The molecule has 198 valence electrons. The summed E-state index contributed by atoms with van der Waals surface area (Å²) in [6.07, 6.45) is 9.29. The molecule has 7 heteroatoms. The Kier molecular flexibility index (Phi) is 8.30. The number of hydrogen-bond acceptors (Lipinski definition) is 5. The molecule has 1 amide bonds. The van der Waals surface area contributed by atoms with Crippen molar-refractivity contribution in [2.45, 2.75) is 71.3 Å². The van der Waals surface area contributed by atoms with Crippen molar-refractivity contribution in [2.24, 2.45) is 10.9 Å². The topological polar surface area (TPSA) is 62.2 Å². The van der Waals surface area contributed by atoms with Crippen molar-refractivity contribution in [3.05, 3.63) is 65.4 Å². The van der Waals surface area contributed by atoms with Crippen molar-refractivity contribution >= 4 is 23.2 Å². The van der Waals surface area contributed by atoms with Gasteiger partial charge in [-0.1, -0.05) is 38.5 Å². The van der Waals surface area contributed by atoms with E-state index >= 15 is 4.39 Å². The van der Waals surface area contributed by atoms with E-state index in [0.717, 1.165) is 49.9 Å². The summed E-state index contributed by atoms with van der Waals surface area (Å²) in [7, 11) is 1.90. The predicted molar refractivity (Wildman–Crippen MR) is 144 cm³/mol. The fourth-order valence-corrected chi connectivity index (χ4v) is 5.26. The fourth-order valence-electron chi connectivity index (χ4n) is 5.26. The average molecular weight is 508 g/mol. The second kappa shape index (κ2) is 11.4. The molecule has 1 saturated heterocycles. The van der Waals surface area contributed by atoms with Crippen molar-refractivity contribution in [3.63, 3.8) is 0 Å². The van der Waals surface area contributed by atoms with Gasteiger partial charge in [0.05, 0.1) is 12.5 Å². The highest BCUT2D eigenvalue weighted by Crippen LogP contribution is 2.48. The normalized spacial score (nSPS) is 24.8. The molecule has 2 fully saturated rings. The maximum Gasteiger partial charge on any atom is 0.309 e. The molecule has 3 aliphatic rings. The van der Waals surface area contributed by atoms with Crippen LogP contribution in [0.15, 0.2) is 53.4 Å². The van der Waals surface area contributed by atoms with Gasteiger partial charge in [0.15, 0.2) is 0 Å². The first-order valence-electron chi connectivity index (χ1n) is 13.5. The van der Waals surface area contributed by atoms with Crippen molar-refractivity contribution in [2.75, 3.05) is 20.2 Å². The number of rotatable bonds is 7. The number of aliphatic imine (C=N–C) groups is 1. The Bertz CT molecular complexity index is 1170. The van der Waals surface area contributed by atoms with Crippen LogP contribution in [-0.4, -0.2) is 53.6 Å². The molecule has 1 aliphatic carbocycles. The standard InChI is InChI=1S/C30H38FN3O3/c1-6-22-17-27(29(35)34-14-10-8-9-11-20(34)4)32-28(33(22)5)15-19(3)23-13-12-21(16-26(23)31)24-18-25(24)30(36)37-7-2/h12-13,15-17,20,24-25H,3,6-11,14,18H2,1-2,4-5H3/b28-15-. The summed E-state index contributed by atoms with van der Waals surface area (Å²) in [6, 6.07) is 5.23. The lowest BCUT2D eigenvalue weighted by molar-refractivity contribution is -0.144. The van der Waals surface area contributed by atoms with Gasteiger partial charge in [-0.05, 0) is 74.8 Å². The van der Waals surface area contributed by atoms with Crippen molar-refractivity contribution in [1.82, 2.24) is 9.80 Å². The van der Waals surface area contributed by atoms with Gasteiger partial charge in [0.1, 0.15) is 17.3 Å². The number of carbonyl (C=O) groups excluding carboxylic acids is 2. The van der Waals surface area contributed by atoms with Crippen LogP contribution in [0.2, 0.25) is 0 Å². The number of esters is 1. The number of nitrogens with zero attached hydrogens (tertiary/aromatic N) is 3. The number of benzene rings is 1. The summed E-state index contributed by atoms with van der Waals surface area (Å²) >= 11 is 0. The van der Waals surface area contributed by atoms with Gasteiger partial charge in [-0.15, -0.1) is 0 Å². The SMILES string of the molecule is C=C(/C=C1/N=C(C(=O)N2CCCCCC2C)C=C(CC)N1C)c1ccc(C2CC2C(=O)OCC)cc1F. The molecule has 3 unspecified atom stereocenters. The van der Waals surface area contributed by atoms with Gasteiger partial charge >= 0.3 is 5.97 Å². The number of hydrogen-bond donors (Lipinski definition) is 0. The van der Waals surface area contributed by atoms with Crippen LogP contribution in [0.1, 0.15) is 76.3 Å². The molecular formula is C30H38FN3O3. The monoisotopic (exact) mass is 507 g/mol. The minimum Gasteiger partial charge on any atom is -0.466 e. The Balaban J connectivity index is 1.56. The summed E-state index contributed by atoms with van der Waals surface area (Å²) in [6.45, 7) is 11.1. The molecule has 0 N–H and O–H groups in total. The molecule has 2 heterocycles. The van der Waals surface area contributed by atoms with E-state index in [2.05, 4.69) is 13.5 Å². The van der Waals surface area contributed by atoms with Crippen LogP contribution in [-0.2, 0) is 14.3 Å². The molecule has 1 saturated carbocycles. The Morgan fingerprint density at radius 3 is 2.73 bits per heavy atom. The third kappa shape index (κ3) is 5.86. The second-order valence-corrected chi connectivity index (χ2v) is 10.2. The zero-order valence-electron chi connectivity index (χ0n) is 22.4. The quantitative estimate of drug-likeness (QED) is 0.437. The van der Waals surface area contributed by atoms with E-state index < -0.39 is 5.82 Å². The van der Waals surface area contributed by atoms with E-state index in [4.69, 9.17) is 9.73 Å². The zero-order chi connectivity index (χ0) is 26.7. The smallest absolute Gasteiger partial charge is 0.309 e. The molecule has 1 aromatic carbocycles. The van der Waals surface area contributed by atoms with Crippen LogP contribution in [0.3, 0.4) is 0 Å². The number of halogens is 1. The van der Waals surface area contributed by atoms with Crippen molar-refractivity contribution in [1.29, 1.82) is 0 Å². The van der Waals surface area contributed by atoms with Gasteiger partial charge in [0.2, 0.25) is 0 Å². The van der Waals surface area contributed by atoms with Gasteiger partial charge in [0.25, 0.3) is 5.91 Å². The van der Waals surface area contributed by atoms with Crippen molar-refractivity contribution in [3.8, 4) is 0 Å². The van der Waals surface area contributed by atoms with Crippen LogP contribution in [0.4, 0.5) is 4.39 Å². The first-order valence-corrected chi connectivity index (χ1v) is 13.5. The minimum atomic E-state index is -0.391. The Morgan fingerprint density at radius 1 is 1.24 bits per heavy atom. The number of allylic oxidation sites excluding steroid dienone is 3. The first kappa shape index (κ1) is 26.8.